The standard InChI is InChI=1S/2C17H15ClFNOS/c2*1-10-5-3-4-6-12(10)14-8-20(17(21)11(2)19)9-15-13(14)7-16(18)22-15/h2*3-7,14H,2,8-9H2,1H3/t2*14-/m10/s1. The number of thiophene rings is 2. The third kappa shape index (κ3) is 6.69. The van der Waals surface area contributed by atoms with Crippen molar-refractivity contribution in [1.29, 1.82) is 0 Å². The molecule has 0 bridgehead atoms. The molecule has 0 spiro atoms. The predicted molar refractivity (Wildman–Crippen MR) is 176 cm³/mol. The number of benzene rings is 2. The highest BCUT2D eigenvalue weighted by atomic mass is 35.5. The lowest BCUT2D eigenvalue weighted by Crippen LogP contribution is -2.38. The minimum Gasteiger partial charge on any atom is -0.331 e. The molecule has 0 saturated carbocycles. The summed E-state index contributed by atoms with van der Waals surface area (Å²) in [6, 6.07) is 20.0. The highest BCUT2D eigenvalue weighted by molar-refractivity contribution is 7.16. The molecule has 2 aromatic heterocycles. The first-order chi connectivity index (χ1) is 20.9. The zero-order chi connectivity index (χ0) is 31.7. The van der Waals surface area contributed by atoms with E-state index in [1.807, 2.05) is 74.5 Å². The quantitative estimate of drug-likeness (QED) is 0.203. The maximum Gasteiger partial charge on any atom is 0.282 e. The molecule has 2 amide bonds. The number of fused-ring (bicyclic) bond motifs is 2. The molecule has 0 radical (unpaired) electrons. The minimum absolute atomic E-state index is 0.0111. The summed E-state index contributed by atoms with van der Waals surface area (Å²) in [6.07, 6.45) is 0. The Labute approximate surface area is 273 Å². The van der Waals surface area contributed by atoms with Crippen LogP contribution < -0.4 is 0 Å². The molecule has 0 fully saturated rings. The van der Waals surface area contributed by atoms with E-state index in [1.54, 1.807) is 0 Å². The van der Waals surface area contributed by atoms with Crippen LogP contribution in [0.3, 0.4) is 0 Å². The highest BCUT2D eigenvalue weighted by Gasteiger charge is 2.34. The van der Waals surface area contributed by atoms with Gasteiger partial charge in [-0.25, -0.2) is 8.78 Å². The Morgan fingerprint density at radius 1 is 0.705 bits per heavy atom. The summed E-state index contributed by atoms with van der Waals surface area (Å²) in [6.45, 7) is 12.0. The van der Waals surface area contributed by atoms with Gasteiger partial charge in [-0.15, -0.1) is 22.7 Å². The monoisotopic (exact) mass is 670 g/mol. The average Bonchev–Trinajstić information content (AvgIpc) is 3.56. The van der Waals surface area contributed by atoms with Gasteiger partial charge in [0, 0.05) is 34.7 Å². The van der Waals surface area contributed by atoms with E-state index in [0.29, 0.717) is 34.9 Å². The summed E-state index contributed by atoms with van der Waals surface area (Å²) in [4.78, 5) is 29.0. The summed E-state index contributed by atoms with van der Waals surface area (Å²) in [7, 11) is 0. The van der Waals surface area contributed by atoms with Gasteiger partial charge in [-0.1, -0.05) is 84.9 Å². The topological polar surface area (TPSA) is 40.6 Å². The molecular weight excluding hydrogens is 641 g/mol. The Bertz CT molecular complexity index is 1640. The van der Waals surface area contributed by atoms with Crippen LogP contribution in [0.5, 0.6) is 0 Å². The van der Waals surface area contributed by atoms with Gasteiger partial charge >= 0.3 is 0 Å². The van der Waals surface area contributed by atoms with Crippen molar-refractivity contribution in [3.63, 3.8) is 0 Å². The maximum absolute atomic E-state index is 13.3. The Balaban J connectivity index is 0.000000175. The zero-order valence-electron chi connectivity index (χ0n) is 24.2. The van der Waals surface area contributed by atoms with E-state index in [0.717, 1.165) is 43.1 Å². The molecule has 4 aromatic rings. The summed E-state index contributed by atoms with van der Waals surface area (Å²) in [5.74, 6) is -3.11. The Morgan fingerprint density at radius 3 is 1.41 bits per heavy atom. The van der Waals surface area contributed by atoms with Crippen molar-refractivity contribution in [3.05, 3.63) is 137 Å². The largest absolute Gasteiger partial charge is 0.331 e. The number of amides is 2. The van der Waals surface area contributed by atoms with Gasteiger partial charge in [0.15, 0.2) is 11.7 Å². The fourth-order valence-electron chi connectivity index (χ4n) is 5.91. The fourth-order valence-corrected chi connectivity index (χ4v) is 8.62. The van der Waals surface area contributed by atoms with Crippen LogP contribution in [0.15, 0.2) is 85.5 Å². The second-order valence-corrected chi connectivity index (χ2v) is 14.4. The molecule has 2 aliphatic heterocycles. The zero-order valence-corrected chi connectivity index (χ0v) is 27.4. The van der Waals surface area contributed by atoms with E-state index >= 15 is 0 Å². The lowest BCUT2D eigenvalue weighted by molar-refractivity contribution is -0.130. The molecule has 4 heterocycles. The fraction of sp³-hybridized carbons (Fsp3) is 0.235. The highest BCUT2D eigenvalue weighted by Crippen LogP contribution is 2.42. The van der Waals surface area contributed by atoms with Gasteiger partial charge in [-0.05, 0) is 59.4 Å². The lowest BCUT2D eigenvalue weighted by Gasteiger charge is -2.33. The molecule has 0 unspecified atom stereocenters. The van der Waals surface area contributed by atoms with Crippen LogP contribution in [0.4, 0.5) is 8.78 Å². The average molecular weight is 672 g/mol. The molecule has 6 rings (SSSR count). The smallest absolute Gasteiger partial charge is 0.282 e. The molecule has 2 aliphatic rings. The van der Waals surface area contributed by atoms with Crippen LogP contribution in [-0.4, -0.2) is 34.7 Å². The van der Waals surface area contributed by atoms with Gasteiger partial charge in [0.2, 0.25) is 0 Å². The van der Waals surface area contributed by atoms with Gasteiger partial charge in [-0.3, -0.25) is 9.59 Å². The van der Waals surface area contributed by atoms with Crippen LogP contribution in [0.2, 0.25) is 8.67 Å². The van der Waals surface area contributed by atoms with Crippen LogP contribution in [-0.2, 0) is 22.7 Å². The van der Waals surface area contributed by atoms with Crippen molar-refractivity contribution >= 4 is 57.7 Å². The van der Waals surface area contributed by atoms with Gasteiger partial charge in [0.05, 0.1) is 21.8 Å². The molecule has 0 saturated heterocycles. The Hall–Kier alpha value is -3.30. The van der Waals surface area contributed by atoms with Gasteiger partial charge in [-0.2, -0.15) is 0 Å². The van der Waals surface area contributed by atoms with Crippen LogP contribution in [0.1, 0.15) is 55.0 Å². The SMILES string of the molecule is C=C(F)C(=O)N1Cc2sc(Cl)cc2[C@@H](c2ccccc2C)C1.C=C(F)C(=O)N1Cc2sc(Cl)cc2[C@H](c2ccccc2C)C1. The Kier molecular flexibility index (Phi) is 9.75. The van der Waals surface area contributed by atoms with Crippen molar-refractivity contribution in [1.82, 2.24) is 9.80 Å². The first-order valence-corrected chi connectivity index (χ1v) is 16.3. The number of rotatable bonds is 4. The summed E-state index contributed by atoms with van der Waals surface area (Å²) >= 11 is 15.2. The molecule has 4 nitrogen and oxygen atoms in total. The molecule has 10 heteroatoms. The van der Waals surface area contributed by atoms with Crippen LogP contribution >= 0.6 is 45.9 Å². The molecule has 0 N–H and O–H groups in total. The number of hydrogen-bond acceptors (Lipinski definition) is 4. The predicted octanol–water partition coefficient (Wildman–Crippen LogP) is 9.33. The number of nitrogens with zero attached hydrogens (tertiary/aromatic N) is 2. The molecule has 2 atom stereocenters. The van der Waals surface area contributed by atoms with E-state index in [-0.39, 0.29) is 11.8 Å². The van der Waals surface area contributed by atoms with E-state index in [9.17, 15) is 18.4 Å². The van der Waals surface area contributed by atoms with E-state index in [1.165, 1.54) is 32.5 Å². The molecular formula is C34H30Cl2F2N2O2S2. The first-order valence-electron chi connectivity index (χ1n) is 13.9. The molecule has 44 heavy (non-hydrogen) atoms. The van der Waals surface area contributed by atoms with E-state index in [2.05, 4.69) is 13.2 Å². The third-order valence-electron chi connectivity index (χ3n) is 8.02. The normalized spacial score (nSPS) is 17.2. The van der Waals surface area contributed by atoms with Crippen molar-refractivity contribution in [2.45, 2.75) is 38.8 Å². The Morgan fingerprint density at radius 2 is 1.07 bits per heavy atom. The van der Waals surface area contributed by atoms with Gasteiger partial charge in [0.1, 0.15) is 0 Å². The van der Waals surface area contributed by atoms with Crippen LogP contribution in [0, 0.1) is 13.8 Å². The van der Waals surface area contributed by atoms with E-state index < -0.39 is 23.5 Å². The number of carbonyl (C=O) groups is 2. The second-order valence-electron chi connectivity index (χ2n) is 10.9. The third-order valence-corrected chi connectivity index (χ3v) is 10.5. The summed E-state index contributed by atoms with van der Waals surface area (Å²) in [5.41, 5.74) is 6.85. The number of aryl methyl sites for hydroxylation is 2. The van der Waals surface area contributed by atoms with Crippen molar-refractivity contribution in [2.24, 2.45) is 0 Å². The lowest BCUT2D eigenvalue weighted by atomic mass is 9.86. The van der Waals surface area contributed by atoms with Crippen molar-refractivity contribution in [2.75, 3.05) is 13.1 Å². The van der Waals surface area contributed by atoms with Crippen molar-refractivity contribution < 1.29 is 18.4 Å². The molecule has 228 valence electrons. The molecule has 2 aromatic carbocycles. The number of halogens is 4. The van der Waals surface area contributed by atoms with E-state index in [4.69, 9.17) is 23.2 Å². The molecule has 0 aliphatic carbocycles. The maximum atomic E-state index is 13.3. The summed E-state index contributed by atoms with van der Waals surface area (Å²) < 4.78 is 27.9. The minimum atomic E-state index is -0.922. The van der Waals surface area contributed by atoms with Gasteiger partial charge in [0.25, 0.3) is 11.8 Å². The van der Waals surface area contributed by atoms with Crippen molar-refractivity contribution in [3.8, 4) is 0 Å². The number of hydrogen-bond donors (Lipinski definition) is 0. The van der Waals surface area contributed by atoms with Gasteiger partial charge < -0.3 is 9.80 Å². The summed E-state index contributed by atoms with van der Waals surface area (Å²) in [5, 5.41) is 0. The second kappa shape index (κ2) is 13.4. The number of carbonyl (C=O) groups excluding carboxylic acids is 2. The van der Waals surface area contributed by atoms with Crippen LogP contribution in [0.25, 0.3) is 0 Å². The first kappa shape index (κ1) is 32.1.